The third-order valence-corrected chi connectivity index (χ3v) is 3.51. The van der Waals surface area contributed by atoms with Gasteiger partial charge in [-0.2, -0.15) is 0 Å². The van der Waals surface area contributed by atoms with Crippen LogP contribution in [-0.4, -0.2) is 32.8 Å². The molecule has 0 aromatic heterocycles. The summed E-state index contributed by atoms with van der Waals surface area (Å²) in [4.78, 5) is 11.9. The monoisotopic (exact) mass is 329 g/mol. The van der Waals surface area contributed by atoms with Crippen molar-refractivity contribution in [2.45, 2.75) is 6.54 Å². The maximum Gasteiger partial charge on any atom is 0.258 e. The Bertz CT molecular complexity index is 716. The Morgan fingerprint density at radius 1 is 1.08 bits per heavy atom. The normalized spacial score (nSPS) is 12.4. The smallest absolute Gasteiger partial charge is 0.258 e. The number of hydrogen-bond donors (Lipinski definition) is 1. The molecule has 6 heteroatoms. The molecule has 1 heterocycles. The molecule has 1 amide bonds. The number of benzene rings is 2. The fourth-order valence-electron chi connectivity index (χ4n) is 2.30. The molecule has 1 aliphatic rings. The van der Waals surface area contributed by atoms with E-state index in [1.54, 1.807) is 25.3 Å². The highest BCUT2D eigenvalue weighted by atomic mass is 16.6. The molecule has 126 valence electrons. The molecule has 0 radical (unpaired) electrons. The quantitative estimate of drug-likeness (QED) is 0.880. The lowest BCUT2D eigenvalue weighted by Gasteiger charge is -2.18. The number of carbonyl (C=O) groups is 1. The summed E-state index contributed by atoms with van der Waals surface area (Å²) in [7, 11) is 1.61. The van der Waals surface area contributed by atoms with E-state index >= 15 is 0 Å². The number of carbonyl (C=O) groups excluding carboxylic acids is 1. The van der Waals surface area contributed by atoms with E-state index in [9.17, 15) is 4.79 Å². The zero-order chi connectivity index (χ0) is 16.8. The van der Waals surface area contributed by atoms with Crippen LogP contribution in [0.1, 0.15) is 5.56 Å². The average molecular weight is 329 g/mol. The summed E-state index contributed by atoms with van der Waals surface area (Å²) in [5.41, 5.74) is 0.960. The molecule has 0 saturated heterocycles. The van der Waals surface area contributed by atoms with Crippen molar-refractivity contribution in [3.8, 4) is 23.0 Å². The van der Waals surface area contributed by atoms with Crippen LogP contribution >= 0.6 is 0 Å². The largest absolute Gasteiger partial charge is 0.497 e. The minimum absolute atomic E-state index is 0.0659. The Morgan fingerprint density at radius 3 is 2.75 bits per heavy atom. The van der Waals surface area contributed by atoms with Gasteiger partial charge in [0.15, 0.2) is 18.1 Å². The molecule has 0 bridgehead atoms. The van der Waals surface area contributed by atoms with Crippen LogP contribution in [0.5, 0.6) is 23.0 Å². The van der Waals surface area contributed by atoms with E-state index in [2.05, 4.69) is 5.32 Å². The fourth-order valence-corrected chi connectivity index (χ4v) is 2.30. The number of ether oxygens (including phenoxy) is 4. The molecule has 1 N–H and O–H groups in total. The van der Waals surface area contributed by atoms with Gasteiger partial charge in [0.25, 0.3) is 5.91 Å². The van der Waals surface area contributed by atoms with Gasteiger partial charge in [0.2, 0.25) is 0 Å². The summed E-state index contributed by atoms with van der Waals surface area (Å²) >= 11 is 0. The predicted molar refractivity (Wildman–Crippen MR) is 87.8 cm³/mol. The van der Waals surface area contributed by atoms with Crippen LogP contribution in [0, 0.1) is 0 Å². The molecule has 0 fully saturated rings. The Balaban J connectivity index is 1.48. The van der Waals surface area contributed by atoms with Crippen LogP contribution < -0.4 is 24.3 Å². The van der Waals surface area contributed by atoms with E-state index in [4.69, 9.17) is 18.9 Å². The van der Waals surface area contributed by atoms with Crippen molar-refractivity contribution in [2.75, 3.05) is 26.9 Å². The van der Waals surface area contributed by atoms with Gasteiger partial charge >= 0.3 is 0 Å². The van der Waals surface area contributed by atoms with Gasteiger partial charge < -0.3 is 24.3 Å². The lowest BCUT2D eigenvalue weighted by atomic mass is 10.2. The highest BCUT2D eigenvalue weighted by Gasteiger charge is 2.12. The first-order chi connectivity index (χ1) is 11.7. The van der Waals surface area contributed by atoms with Gasteiger partial charge in [0, 0.05) is 12.6 Å². The summed E-state index contributed by atoms with van der Waals surface area (Å²) in [6.45, 7) is 1.40. The van der Waals surface area contributed by atoms with E-state index in [1.165, 1.54) is 0 Å². The lowest BCUT2D eigenvalue weighted by molar-refractivity contribution is -0.123. The van der Waals surface area contributed by atoms with Crippen LogP contribution in [0.15, 0.2) is 42.5 Å². The maximum atomic E-state index is 11.9. The first kappa shape index (κ1) is 16.0. The molecular formula is C18H19NO5. The summed E-state index contributed by atoms with van der Waals surface area (Å²) < 4.78 is 21.6. The van der Waals surface area contributed by atoms with Crippen LogP contribution in [0.25, 0.3) is 0 Å². The molecule has 2 aromatic carbocycles. The van der Waals surface area contributed by atoms with Crippen molar-refractivity contribution in [1.29, 1.82) is 0 Å². The number of rotatable bonds is 6. The standard InChI is InChI=1S/C18H19NO5/c1-21-14-4-2-3-13(9-14)11-19-18(20)12-24-15-5-6-16-17(10-15)23-8-7-22-16/h2-6,9-10H,7-8,11-12H2,1H3,(H,19,20). The van der Waals surface area contributed by atoms with Crippen molar-refractivity contribution in [3.63, 3.8) is 0 Å². The molecular weight excluding hydrogens is 310 g/mol. The minimum atomic E-state index is -0.201. The van der Waals surface area contributed by atoms with Crippen molar-refractivity contribution < 1.29 is 23.7 Å². The highest BCUT2D eigenvalue weighted by molar-refractivity contribution is 5.77. The summed E-state index contributed by atoms with van der Waals surface area (Å²) in [6, 6.07) is 12.8. The second-order valence-corrected chi connectivity index (χ2v) is 5.22. The summed E-state index contributed by atoms with van der Waals surface area (Å²) in [5.74, 6) is 2.45. The van der Waals surface area contributed by atoms with Crippen LogP contribution in [0.3, 0.4) is 0 Å². The van der Waals surface area contributed by atoms with E-state index in [0.29, 0.717) is 37.0 Å². The second-order valence-electron chi connectivity index (χ2n) is 5.22. The van der Waals surface area contributed by atoms with Gasteiger partial charge in [-0.15, -0.1) is 0 Å². The number of fused-ring (bicyclic) bond motifs is 1. The Labute approximate surface area is 140 Å². The minimum Gasteiger partial charge on any atom is -0.497 e. The van der Waals surface area contributed by atoms with Crippen LogP contribution in [0.4, 0.5) is 0 Å². The fraction of sp³-hybridized carbons (Fsp3) is 0.278. The van der Waals surface area contributed by atoms with Crippen molar-refractivity contribution in [2.24, 2.45) is 0 Å². The number of nitrogens with one attached hydrogen (secondary N) is 1. The van der Waals surface area contributed by atoms with E-state index < -0.39 is 0 Å². The Kier molecular flexibility index (Phi) is 5.05. The molecule has 1 aliphatic heterocycles. The SMILES string of the molecule is COc1cccc(CNC(=O)COc2ccc3c(c2)OCCO3)c1. The molecule has 6 nitrogen and oxygen atoms in total. The van der Waals surface area contributed by atoms with Crippen molar-refractivity contribution in [1.82, 2.24) is 5.32 Å². The summed E-state index contributed by atoms with van der Waals surface area (Å²) in [5, 5.41) is 2.81. The Hall–Kier alpha value is -2.89. The van der Waals surface area contributed by atoms with Gasteiger partial charge in [0.05, 0.1) is 7.11 Å². The molecule has 2 aromatic rings. The van der Waals surface area contributed by atoms with E-state index in [1.807, 2.05) is 24.3 Å². The first-order valence-electron chi connectivity index (χ1n) is 7.66. The molecule has 0 saturated carbocycles. The highest BCUT2D eigenvalue weighted by Crippen LogP contribution is 2.33. The van der Waals surface area contributed by atoms with Crippen molar-refractivity contribution in [3.05, 3.63) is 48.0 Å². The van der Waals surface area contributed by atoms with Gasteiger partial charge in [-0.3, -0.25) is 4.79 Å². The van der Waals surface area contributed by atoms with Crippen LogP contribution in [0.2, 0.25) is 0 Å². The van der Waals surface area contributed by atoms with Gasteiger partial charge in [0.1, 0.15) is 24.7 Å². The van der Waals surface area contributed by atoms with E-state index in [0.717, 1.165) is 11.3 Å². The van der Waals surface area contributed by atoms with E-state index in [-0.39, 0.29) is 12.5 Å². The molecule has 0 atom stereocenters. The second kappa shape index (κ2) is 7.59. The molecule has 24 heavy (non-hydrogen) atoms. The topological polar surface area (TPSA) is 66.0 Å². The molecule has 0 spiro atoms. The first-order valence-corrected chi connectivity index (χ1v) is 7.66. The predicted octanol–water partition coefficient (Wildman–Crippen LogP) is 2.16. The average Bonchev–Trinajstić information content (AvgIpc) is 2.64. The Morgan fingerprint density at radius 2 is 1.92 bits per heavy atom. The van der Waals surface area contributed by atoms with Gasteiger partial charge in [-0.05, 0) is 29.8 Å². The molecule has 0 aliphatic carbocycles. The van der Waals surface area contributed by atoms with Crippen LogP contribution in [-0.2, 0) is 11.3 Å². The number of hydrogen-bond acceptors (Lipinski definition) is 5. The third-order valence-electron chi connectivity index (χ3n) is 3.51. The molecule has 0 unspecified atom stereocenters. The lowest BCUT2D eigenvalue weighted by Crippen LogP contribution is -2.28. The van der Waals surface area contributed by atoms with Gasteiger partial charge in [-0.1, -0.05) is 12.1 Å². The van der Waals surface area contributed by atoms with Crippen molar-refractivity contribution >= 4 is 5.91 Å². The number of amides is 1. The third kappa shape index (κ3) is 4.10. The number of methoxy groups -OCH3 is 1. The summed E-state index contributed by atoms with van der Waals surface area (Å²) in [6.07, 6.45) is 0. The maximum absolute atomic E-state index is 11.9. The zero-order valence-electron chi connectivity index (χ0n) is 13.4. The molecule has 3 rings (SSSR count). The van der Waals surface area contributed by atoms with Gasteiger partial charge in [-0.25, -0.2) is 0 Å². The zero-order valence-corrected chi connectivity index (χ0v) is 13.4.